The number of hydrogen-bond acceptors (Lipinski definition) is 7. The summed E-state index contributed by atoms with van der Waals surface area (Å²) >= 11 is 0. The third kappa shape index (κ3) is 6.10. The molecule has 6 rings (SSSR count). The summed E-state index contributed by atoms with van der Waals surface area (Å²) < 4.78 is 22.7. The minimum atomic E-state index is -0.334. The lowest BCUT2D eigenvalue weighted by Crippen LogP contribution is -2.47. The molecule has 3 aromatic rings. The molecule has 0 radical (unpaired) electrons. The molecule has 2 atom stereocenters. The highest BCUT2D eigenvalue weighted by Crippen LogP contribution is 2.35. The molecule has 218 valence electrons. The van der Waals surface area contributed by atoms with E-state index >= 15 is 0 Å². The summed E-state index contributed by atoms with van der Waals surface area (Å²) in [6.45, 7) is 8.29. The maximum Gasteiger partial charge on any atom is 0.250 e. The van der Waals surface area contributed by atoms with Gasteiger partial charge in [-0.05, 0) is 42.7 Å². The highest BCUT2D eigenvalue weighted by molar-refractivity contribution is 5.30. The van der Waals surface area contributed by atoms with Crippen LogP contribution in [0.25, 0.3) is 0 Å². The Bertz CT molecular complexity index is 1500. The first-order valence-electron chi connectivity index (χ1n) is 14.5. The lowest BCUT2D eigenvalue weighted by Gasteiger charge is -2.43. The van der Waals surface area contributed by atoms with E-state index in [1.54, 1.807) is 24.3 Å². The normalized spacial score (nSPS) is 21.5. The van der Waals surface area contributed by atoms with Crippen molar-refractivity contribution < 1.29 is 14.2 Å². The van der Waals surface area contributed by atoms with Crippen molar-refractivity contribution in [2.75, 3.05) is 52.4 Å². The monoisotopic (exact) mass is 563 g/mol. The lowest BCUT2D eigenvalue weighted by atomic mass is 9.83. The van der Waals surface area contributed by atoms with Gasteiger partial charge in [-0.3, -0.25) is 24.3 Å². The molecule has 1 N–H and O–H groups in total. The molecule has 2 aromatic heterocycles. The Balaban J connectivity index is 1.06. The molecule has 0 saturated carbocycles. The van der Waals surface area contributed by atoms with Crippen LogP contribution < -0.4 is 15.7 Å². The van der Waals surface area contributed by atoms with E-state index in [-0.39, 0.29) is 22.6 Å². The molecule has 0 aliphatic carbocycles. The second kappa shape index (κ2) is 11.8. The third-order valence-corrected chi connectivity index (χ3v) is 8.91. The molecule has 2 saturated heterocycles. The molecule has 3 aliphatic heterocycles. The molecular formula is C31H38FN5O4. The molecule has 3 aliphatic rings. The maximum absolute atomic E-state index is 13.1. The van der Waals surface area contributed by atoms with E-state index in [0.29, 0.717) is 43.0 Å². The Morgan fingerprint density at radius 3 is 2.46 bits per heavy atom. The van der Waals surface area contributed by atoms with Gasteiger partial charge in [-0.1, -0.05) is 6.07 Å². The lowest BCUT2D eigenvalue weighted by molar-refractivity contribution is 0.107. The predicted molar refractivity (Wildman–Crippen MR) is 154 cm³/mol. The minimum absolute atomic E-state index is 0.0791. The van der Waals surface area contributed by atoms with Crippen LogP contribution in [0.15, 0.2) is 58.1 Å². The van der Waals surface area contributed by atoms with E-state index < -0.39 is 0 Å². The zero-order valence-electron chi connectivity index (χ0n) is 23.5. The van der Waals surface area contributed by atoms with Crippen LogP contribution in [-0.4, -0.2) is 81.4 Å². The van der Waals surface area contributed by atoms with Gasteiger partial charge >= 0.3 is 0 Å². The highest BCUT2D eigenvalue weighted by atomic mass is 19.1. The van der Waals surface area contributed by atoms with Crippen LogP contribution in [0.4, 0.5) is 4.39 Å². The third-order valence-electron chi connectivity index (χ3n) is 8.91. The molecule has 0 unspecified atom stereocenters. The van der Waals surface area contributed by atoms with Gasteiger partial charge in [-0.25, -0.2) is 4.39 Å². The van der Waals surface area contributed by atoms with E-state index in [2.05, 4.69) is 20.8 Å². The number of rotatable bonds is 8. The van der Waals surface area contributed by atoms with Crippen LogP contribution in [0.1, 0.15) is 29.4 Å². The molecule has 41 heavy (non-hydrogen) atoms. The van der Waals surface area contributed by atoms with Gasteiger partial charge < -0.3 is 19.0 Å². The van der Waals surface area contributed by atoms with Crippen LogP contribution >= 0.6 is 0 Å². The molecule has 5 heterocycles. The van der Waals surface area contributed by atoms with Crippen molar-refractivity contribution in [1.82, 2.24) is 23.8 Å². The zero-order valence-corrected chi connectivity index (χ0v) is 23.5. The quantitative estimate of drug-likeness (QED) is 0.450. The largest absolute Gasteiger partial charge is 0.503 e. The zero-order chi connectivity index (χ0) is 28.5. The first kappa shape index (κ1) is 27.7. The topological polar surface area (TPSA) is 83.2 Å². The van der Waals surface area contributed by atoms with Gasteiger partial charge in [0.15, 0.2) is 5.75 Å². The van der Waals surface area contributed by atoms with Crippen LogP contribution in [0, 0.1) is 11.7 Å². The van der Waals surface area contributed by atoms with E-state index in [1.807, 2.05) is 22.2 Å². The van der Waals surface area contributed by atoms with Crippen molar-refractivity contribution in [3.8, 4) is 11.5 Å². The van der Waals surface area contributed by atoms with Crippen LogP contribution in [0.5, 0.6) is 11.5 Å². The van der Waals surface area contributed by atoms with Crippen molar-refractivity contribution >= 4 is 0 Å². The summed E-state index contributed by atoms with van der Waals surface area (Å²) in [5.41, 5.74) is 2.40. The summed E-state index contributed by atoms with van der Waals surface area (Å²) in [4.78, 5) is 32.2. The fraction of sp³-hybridized carbons (Fsp3) is 0.484. The Hall–Kier alpha value is -3.47. The number of piperidine rings is 1. The molecule has 2 bridgehead atoms. The number of aromatic hydroxyl groups is 1. The summed E-state index contributed by atoms with van der Waals surface area (Å²) in [5, 5.41) is 10.7. The molecular weight excluding hydrogens is 525 g/mol. The number of halogens is 1. The number of pyridine rings is 2. The predicted octanol–water partition coefficient (Wildman–Crippen LogP) is 2.21. The summed E-state index contributed by atoms with van der Waals surface area (Å²) in [5.74, 6) is 0.931. The Morgan fingerprint density at radius 2 is 1.68 bits per heavy atom. The number of benzene rings is 1. The average molecular weight is 564 g/mol. The Kier molecular flexibility index (Phi) is 7.96. The van der Waals surface area contributed by atoms with Gasteiger partial charge in [-0.15, -0.1) is 0 Å². The number of fused-ring (bicyclic) bond motifs is 4. The molecule has 0 spiro atoms. The fourth-order valence-corrected chi connectivity index (χ4v) is 6.68. The number of nitrogens with zero attached hydrogens (tertiary/aromatic N) is 5. The Labute approximate surface area is 239 Å². The van der Waals surface area contributed by atoms with Crippen molar-refractivity contribution in [2.45, 2.75) is 32.0 Å². The second-order valence-corrected chi connectivity index (χ2v) is 11.7. The van der Waals surface area contributed by atoms with E-state index in [4.69, 9.17) is 4.74 Å². The first-order chi connectivity index (χ1) is 19.8. The second-order valence-electron chi connectivity index (χ2n) is 11.7. The number of aromatic nitrogens is 2. The van der Waals surface area contributed by atoms with Crippen LogP contribution in [0.2, 0.25) is 0 Å². The molecule has 2 fully saturated rings. The van der Waals surface area contributed by atoms with Crippen LogP contribution in [-0.2, 0) is 26.7 Å². The van der Waals surface area contributed by atoms with Gasteiger partial charge in [0.2, 0.25) is 5.43 Å². The van der Waals surface area contributed by atoms with E-state index in [1.165, 1.54) is 12.1 Å². The van der Waals surface area contributed by atoms with Crippen LogP contribution in [0.3, 0.4) is 0 Å². The number of likely N-dealkylation sites (tertiary alicyclic amines) is 1. The average Bonchev–Trinajstić information content (AvgIpc) is 2.96. The summed E-state index contributed by atoms with van der Waals surface area (Å²) in [7, 11) is 1.94. The summed E-state index contributed by atoms with van der Waals surface area (Å²) in [6.07, 6.45) is 1.09. The van der Waals surface area contributed by atoms with Gasteiger partial charge in [0.25, 0.3) is 5.56 Å². The van der Waals surface area contributed by atoms with E-state index in [0.717, 1.165) is 70.2 Å². The van der Waals surface area contributed by atoms with Gasteiger partial charge in [0.05, 0.1) is 5.69 Å². The maximum atomic E-state index is 13.1. The van der Waals surface area contributed by atoms with Gasteiger partial charge in [-0.2, -0.15) is 0 Å². The molecule has 1 aromatic carbocycles. The Morgan fingerprint density at radius 1 is 0.927 bits per heavy atom. The highest BCUT2D eigenvalue weighted by Gasteiger charge is 2.34. The minimum Gasteiger partial charge on any atom is -0.503 e. The molecule has 9 nitrogen and oxygen atoms in total. The van der Waals surface area contributed by atoms with Crippen molar-refractivity contribution in [3.05, 3.63) is 92.0 Å². The van der Waals surface area contributed by atoms with Gasteiger partial charge in [0, 0.05) is 102 Å². The molecule has 10 heteroatoms. The number of hydrogen-bond donors (Lipinski definition) is 1. The van der Waals surface area contributed by atoms with E-state index in [9.17, 15) is 19.1 Å². The van der Waals surface area contributed by atoms with Crippen molar-refractivity contribution in [1.29, 1.82) is 0 Å². The first-order valence-corrected chi connectivity index (χ1v) is 14.5. The van der Waals surface area contributed by atoms with Gasteiger partial charge in [0.1, 0.15) is 18.2 Å². The molecule has 0 amide bonds. The fourth-order valence-electron chi connectivity index (χ4n) is 6.68. The standard InChI is InChI=1S/C31H38FN5O4/c1-33-25(20-36-17-22-15-23(19-36)27-3-2-4-30(39)37(27)18-22)16-29(38)31(40)28(33)21-35-11-9-34(10-12-35)13-14-41-26-7-5-24(32)6-8-26/h2-8,16,22-23,40H,9-15,17-21H2,1H3/t22-,23+/m1/s1. The number of piperazine rings is 1. The smallest absolute Gasteiger partial charge is 0.250 e. The number of ether oxygens (including phenoxy) is 1. The SMILES string of the molecule is Cn1c(CN2C[C@H]3C[C@@H](C2)c2cccc(=O)n2C3)cc(=O)c(O)c1CN1CCN(CCOc2ccc(F)cc2)CC1. The van der Waals surface area contributed by atoms with Crippen molar-refractivity contribution in [3.63, 3.8) is 0 Å². The van der Waals surface area contributed by atoms with Crippen molar-refractivity contribution in [2.24, 2.45) is 13.0 Å². The summed E-state index contributed by atoms with van der Waals surface area (Å²) in [6, 6.07) is 13.2.